The maximum atomic E-state index is 13.1. The second kappa shape index (κ2) is 8.20. The van der Waals surface area contributed by atoms with E-state index in [2.05, 4.69) is 29.2 Å². The summed E-state index contributed by atoms with van der Waals surface area (Å²) in [6.45, 7) is 6.95. The highest BCUT2D eigenvalue weighted by Crippen LogP contribution is 2.21. The number of carbonyl (C=O) groups excluding carboxylic acids is 1. The summed E-state index contributed by atoms with van der Waals surface area (Å²) in [5, 5.41) is 7.74. The maximum Gasteiger partial charge on any atom is 0.270 e. The van der Waals surface area contributed by atoms with Gasteiger partial charge in [0, 0.05) is 26.0 Å². The Bertz CT molecular complexity index is 894. The van der Waals surface area contributed by atoms with Crippen LogP contribution in [0.3, 0.4) is 0 Å². The van der Waals surface area contributed by atoms with Crippen LogP contribution in [-0.4, -0.2) is 25.2 Å². The molecule has 1 unspecified atom stereocenters. The third-order valence-corrected chi connectivity index (χ3v) is 4.51. The summed E-state index contributed by atoms with van der Waals surface area (Å²) >= 11 is 0. The van der Waals surface area contributed by atoms with Gasteiger partial charge in [0.2, 0.25) is 0 Å². The van der Waals surface area contributed by atoms with Crippen molar-refractivity contribution < 1.29 is 4.79 Å². The highest BCUT2D eigenvalue weighted by molar-refractivity contribution is 5.93. The molecule has 6 nitrogen and oxygen atoms in total. The third-order valence-electron chi connectivity index (χ3n) is 4.51. The number of hydrogen-bond donors (Lipinski definition) is 1. The van der Waals surface area contributed by atoms with Gasteiger partial charge in [-0.05, 0) is 30.9 Å². The molecule has 0 radical (unpaired) electrons. The van der Waals surface area contributed by atoms with E-state index in [4.69, 9.17) is 0 Å². The van der Waals surface area contributed by atoms with Gasteiger partial charge in [0.25, 0.3) is 5.91 Å². The molecule has 27 heavy (non-hydrogen) atoms. The molecule has 0 aliphatic carbocycles. The predicted octanol–water partition coefficient (Wildman–Crippen LogP) is 3.35. The van der Waals surface area contributed by atoms with Gasteiger partial charge < -0.3 is 9.88 Å². The first-order chi connectivity index (χ1) is 13.0. The second-order valence-electron chi connectivity index (χ2n) is 7.15. The maximum absolute atomic E-state index is 13.1. The van der Waals surface area contributed by atoms with Crippen molar-refractivity contribution in [2.45, 2.75) is 39.8 Å². The Morgan fingerprint density at radius 2 is 1.96 bits per heavy atom. The molecule has 142 valence electrons. The van der Waals surface area contributed by atoms with E-state index < -0.39 is 0 Å². The molecular weight excluding hydrogens is 338 g/mol. The molecule has 0 fully saturated rings. The minimum Gasteiger partial charge on any atom is -0.337 e. The number of benzene rings is 1. The van der Waals surface area contributed by atoms with Crippen molar-refractivity contribution in [3.63, 3.8) is 0 Å². The Labute approximate surface area is 160 Å². The summed E-state index contributed by atoms with van der Waals surface area (Å²) in [6, 6.07) is 11.5. The van der Waals surface area contributed by atoms with Crippen molar-refractivity contribution in [1.29, 1.82) is 0 Å². The molecule has 0 saturated carbocycles. The minimum absolute atomic E-state index is 0.142. The van der Waals surface area contributed by atoms with Crippen LogP contribution in [0.5, 0.6) is 0 Å². The molecule has 6 heteroatoms. The van der Waals surface area contributed by atoms with E-state index in [0.29, 0.717) is 18.2 Å². The zero-order chi connectivity index (χ0) is 19.4. The molecule has 1 N–H and O–H groups in total. The van der Waals surface area contributed by atoms with E-state index in [1.54, 1.807) is 10.9 Å². The number of nitrogens with one attached hydrogen (secondary N) is 1. The van der Waals surface area contributed by atoms with Gasteiger partial charge in [-0.2, -0.15) is 5.10 Å². The van der Waals surface area contributed by atoms with Crippen molar-refractivity contribution in [2.75, 3.05) is 0 Å². The topological polar surface area (TPSA) is 64.7 Å². The highest BCUT2D eigenvalue weighted by atomic mass is 16.2. The predicted molar refractivity (Wildman–Crippen MR) is 105 cm³/mol. The molecule has 0 bridgehead atoms. The summed E-state index contributed by atoms with van der Waals surface area (Å²) < 4.78 is 3.70. The fourth-order valence-corrected chi connectivity index (χ4v) is 3.21. The van der Waals surface area contributed by atoms with Crippen LogP contribution >= 0.6 is 0 Å². The molecule has 3 aromatic rings. The highest BCUT2D eigenvalue weighted by Gasteiger charge is 2.23. The van der Waals surface area contributed by atoms with Crippen molar-refractivity contribution in [1.82, 2.24) is 24.6 Å². The number of carbonyl (C=O) groups is 1. The fourth-order valence-electron chi connectivity index (χ4n) is 3.21. The van der Waals surface area contributed by atoms with E-state index in [0.717, 1.165) is 23.5 Å². The molecule has 2 heterocycles. The molecule has 0 aliphatic rings. The van der Waals surface area contributed by atoms with E-state index in [-0.39, 0.29) is 11.9 Å². The standard InChI is InChI=1S/C21H27N5O/c1-5-26-18(14-17(24-26)13-15(2)3)21(27)23-19(16-9-7-6-8-10-16)20-22-11-12-25(20)4/h6-12,14-15,19H,5,13H2,1-4H3,(H,23,27). The lowest BCUT2D eigenvalue weighted by molar-refractivity contribution is 0.0930. The lowest BCUT2D eigenvalue weighted by atomic mass is 10.1. The largest absolute Gasteiger partial charge is 0.337 e. The van der Waals surface area contributed by atoms with Crippen molar-refractivity contribution >= 4 is 5.91 Å². The van der Waals surface area contributed by atoms with Crippen LogP contribution in [0.1, 0.15) is 54.4 Å². The quantitative estimate of drug-likeness (QED) is 0.698. The third kappa shape index (κ3) is 4.27. The van der Waals surface area contributed by atoms with Gasteiger partial charge in [-0.3, -0.25) is 9.48 Å². The lowest BCUT2D eigenvalue weighted by Gasteiger charge is -2.19. The first-order valence-corrected chi connectivity index (χ1v) is 9.39. The Morgan fingerprint density at radius 1 is 1.22 bits per heavy atom. The van der Waals surface area contributed by atoms with Crippen molar-refractivity contribution in [3.05, 3.63) is 71.6 Å². The van der Waals surface area contributed by atoms with Gasteiger partial charge in [-0.25, -0.2) is 4.98 Å². The first kappa shape index (κ1) is 18.9. The summed E-state index contributed by atoms with van der Waals surface area (Å²) in [5.41, 5.74) is 2.53. The van der Waals surface area contributed by atoms with Crippen LogP contribution in [0.4, 0.5) is 0 Å². The van der Waals surface area contributed by atoms with Gasteiger partial charge in [0.1, 0.15) is 17.6 Å². The van der Waals surface area contributed by atoms with Crippen LogP contribution in [0, 0.1) is 5.92 Å². The molecule has 0 saturated heterocycles. The summed E-state index contributed by atoms with van der Waals surface area (Å²) in [7, 11) is 1.93. The minimum atomic E-state index is -0.326. The fraction of sp³-hybridized carbons (Fsp3) is 0.381. The zero-order valence-electron chi connectivity index (χ0n) is 16.4. The van der Waals surface area contributed by atoms with Crippen LogP contribution in [0.15, 0.2) is 48.8 Å². The van der Waals surface area contributed by atoms with Gasteiger partial charge >= 0.3 is 0 Å². The number of rotatable bonds is 7. The van der Waals surface area contributed by atoms with E-state index in [1.807, 2.05) is 61.1 Å². The summed E-state index contributed by atoms with van der Waals surface area (Å²) in [5.74, 6) is 1.14. The van der Waals surface area contributed by atoms with Gasteiger partial charge in [-0.1, -0.05) is 44.2 Å². The summed E-state index contributed by atoms with van der Waals surface area (Å²) in [4.78, 5) is 17.6. The number of hydrogen-bond acceptors (Lipinski definition) is 3. The molecular formula is C21H27N5O. The number of amides is 1. The Morgan fingerprint density at radius 3 is 2.56 bits per heavy atom. The Kier molecular flexibility index (Phi) is 5.74. The normalized spacial score (nSPS) is 12.3. The number of aryl methyl sites for hydroxylation is 2. The average molecular weight is 365 g/mol. The van der Waals surface area contributed by atoms with Crippen molar-refractivity contribution in [2.24, 2.45) is 13.0 Å². The second-order valence-corrected chi connectivity index (χ2v) is 7.15. The molecule has 1 atom stereocenters. The van der Waals surface area contributed by atoms with Gasteiger partial charge in [0.05, 0.1) is 5.69 Å². The van der Waals surface area contributed by atoms with Crippen LogP contribution in [-0.2, 0) is 20.0 Å². The molecule has 3 rings (SSSR count). The Hall–Kier alpha value is -2.89. The lowest BCUT2D eigenvalue weighted by Crippen LogP contribution is -2.32. The molecule has 2 aromatic heterocycles. The SMILES string of the molecule is CCn1nc(CC(C)C)cc1C(=O)NC(c1ccccc1)c1nccn1C. The molecule has 0 aliphatic heterocycles. The molecule has 1 amide bonds. The van der Waals surface area contributed by atoms with Crippen LogP contribution in [0.25, 0.3) is 0 Å². The average Bonchev–Trinajstić information content (AvgIpc) is 3.25. The monoisotopic (exact) mass is 365 g/mol. The first-order valence-electron chi connectivity index (χ1n) is 9.39. The smallest absolute Gasteiger partial charge is 0.270 e. The van der Waals surface area contributed by atoms with Gasteiger partial charge in [0.15, 0.2) is 0 Å². The van der Waals surface area contributed by atoms with Gasteiger partial charge in [-0.15, -0.1) is 0 Å². The number of aromatic nitrogens is 4. The van der Waals surface area contributed by atoms with Crippen LogP contribution < -0.4 is 5.32 Å². The van der Waals surface area contributed by atoms with E-state index >= 15 is 0 Å². The molecule has 1 aromatic carbocycles. The van der Waals surface area contributed by atoms with Crippen LogP contribution in [0.2, 0.25) is 0 Å². The number of imidazole rings is 1. The van der Waals surface area contributed by atoms with Crippen molar-refractivity contribution in [3.8, 4) is 0 Å². The summed E-state index contributed by atoms with van der Waals surface area (Å²) in [6.07, 6.45) is 4.48. The van der Waals surface area contributed by atoms with E-state index in [9.17, 15) is 4.79 Å². The van der Waals surface area contributed by atoms with E-state index in [1.165, 1.54) is 0 Å². The zero-order valence-corrected chi connectivity index (χ0v) is 16.4. The Balaban J connectivity index is 1.91. The molecule has 0 spiro atoms. The number of nitrogens with zero attached hydrogens (tertiary/aromatic N) is 4.